The molecule has 33 heavy (non-hydrogen) atoms. The maximum absolute atomic E-state index is 13.7. The van der Waals surface area contributed by atoms with Gasteiger partial charge in [-0.3, -0.25) is 4.79 Å². The highest BCUT2D eigenvalue weighted by Crippen LogP contribution is 2.42. The van der Waals surface area contributed by atoms with Gasteiger partial charge in [0.2, 0.25) is 0 Å². The summed E-state index contributed by atoms with van der Waals surface area (Å²) in [5, 5.41) is 13.9. The summed E-state index contributed by atoms with van der Waals surface area (Å²) in [6, 6.07) is 14.2. The number of aliphatic hydroxyl groups is 1. The summed E-state index contributed by atoms with van der Waals surface area (Å²) in [4.78, 5) is 14.9. The van der Waals surface area contributed by atoms with Crippen LogP contribution in [0.3, 0.4) is 0 Å². The Morgan fingerprint density at radius 3 is 2.39 bits per heavy atom. The Morgan fingerprint density at radius 2 is 1.76 bits per heavy atom. The zero-order valence-electron chi connectivity index (χ0n) is 17.8. The van der Waals surface area contributed by atoms with Crippen molar-refractivity contribution in [1.29, 1.82) is 0 Å². The highest BCUT2D eigenvalue weighted by molar-refractivity contribution is 6.38. The molecule has 168 valence electrons. The highest BCUT2D eigenvalue weighted by atomic mass is 35.5. The number of fused-ring (bicyclic) bond motifs is 1. The van der Waals surface area contributed by atoms with Gasteiger partial charge in [-0.1, -0.05) is 35.9 Å². The van der Waals surface area contributed by atoms with E-state index in [9.17, 15) is 18.7 Å². The fourth-order valence-electron chi connectivity index (χ4n) is 4.62. The van der Waals surface area contributed by atoms with Crippen LogP contribution in [0.4, 0.5) is 14.5 Å². The first-order valence-electron chi connectivity index (χ1n) is 10.6. The number of nitrogens with zero attached hydrogens (tertiary/aromatic N) is 1. The molecule has 7 heteroatoms. The number of nitrogens with one attached hydrogen (secondary N) is 1. The molecule has 4 nitrogen and oxygen atoms in total. The third-order valence-electron chi connectivity index (χ3n) is 6.31. The number of likely N-dealkylation sites (tertiary alicyclic amines) is 1. The van der Waals surface area contributed by atoms with Crippen LogP contribution in [-0.4, -0.2) is 36.1 Å². The first kappa shape index (κ1) is 21.6. The van der Waals surface area contributed by atoms with Gasteiger partial charge in [-0.25, -0.2) is 8.78 Å². The van der Waals surface area contributed by atoms with Crippen LogP contribution >= 0.6 is 11.6 Å². The molecule has 0 saturated carbocycles. The average molecular weight is 467 g/mol. The summed E-state index contributed by atoms with van der Waals surface area (Å²) < 4.78 is 27.4. The summed E-state index contributed by atoms with van der Waals surface area (Å²) in [5.41, 5.74) is 3.50. The first-order valence-corrected chi connectivity index (χ1v) is 11.0. The predicted molar refractivity (Wildman–Crippen MR) is 126 cm³/mol. The van der Waals surface area contributed by atoms with Crippen LogP contribution in [0.25, 0.3) is 22.5 Å². The van der Waals surface area contributed by atoms with Crippen LogP contribution in [0.1, 0.15) is 29.0 Å². The van der Waals surface area contributed by atoms with E-state index >= 15 is 0 Å². The van der Waals surface area contributed by atoms with Gasteiger partial charge in [0.05, 0.1) is 16.3 Å². The van der Waals surface area contributed by atoms with Crippen molar-refractivity contribution in [2.24, 2.45) is 0 Å². The van der Waals surface area contributed by atoms with Crippen molar-refractivity contribution in [2.45, 2.75) is 12.3 Å². The van der Waals surface area contributed by atoms with Gasteiger partial charge in [-0.15, -0.1) is 0 Å². The van der Waals surface area contributed by atoms with E-state index in [1.54, 1.807) is 12.1 Å². The number of carbonyl (C=O) groups is 1. The molecule has 0 aromatic heterocycles. The molecule has 2 aliphatic heterocycles. The molecule has 0 spiro atoms. The topological polar surface area (TPSA) is 52.6 Å². The fraction of sp³-hybridized carbons (Fsp3) is 0.192. The molecule has 1 fully saturated rings. The van der Waals surface area contributed by atoms with Crippen LogP contribution in [0.5, 0.6) is 0 Å². The van der Waals surface area contributed by atoms with Crippen LogP contribution in [0, 0.1) is 11.6 Å². The molecule has 0 aliphatic carbocycles. The third kappa shape index (κ3) is 4.01. The van der Waals surface area contributed by atoms with Gasteiger partial charge < -0.3 is 15.3 Å². The molecule has 2 N–H and O–H groups in total. The lowest BCUT2D eigenvalue weighted by atomic mass is 9.94. The molecular formula is C26H21ClF2N2O2. The lowest BCUT2D eigenvalue weighted by molar-refractivity contribution is -0.110. The number of likely N-dealkylation sites (N-methyl/N-ethyl adjacent to an activating group) is 1. The minimum absolute atomic E-state index is 0.0569. The summed E-state index contributed by atoms with van der Waals surface area (Å²) in [6.45, 7) is 2.11. The molecule has 1 atom stereocenters. The lowest BCUT2D eigenvalue weighted by Gasteiger charge is -2.13. The van der Waals surface area contributed by atoms with E-state index in [1.165, 1.54) is 5.56 Å². The summed E-state index contributed by atoms with van der Waals surface area (Å²) >= 11 is 6.53. The Bertz CT molecular complexity index is 1280. The minimum atomic E-state index is -0.846. The summed E-state index contributed by atoms with van der Waals surface area (Å²) in [6.07, 6.45) is 1.12. The van der Waals surface area contributed by atoms with Gasteiger partial charge >= 0.3 is 0 Å². The van der Waals surface area contributed by atoms with Gasteiger partial charge in [-0.05, 0) is 61.3 Å². The van der Waals surface area contributed by atoms with Crippen molar-refractivity contribution in [2.75, 3.05) is 25.5 Å². The quantitative estimate of drug-likeness (QED) is 0.363. The second-order valence-corrected chi connectivity index (χ2v) is 8.99. The fourth-order valence-corrected chi connectivity index (χ4v) is 4.90. The number of anilines is 1. The molecule has 3 aromatic carbocycles. The van der Waals surface area contributed by atoms with E-state index in [4.69, 9.17) is 11.6 Å². The number of hydrogen-bond donors (Lipinski definition) is 2. The van der Waals surface area contributed by atoms with Gasteiger partial charge in [0.25, 0.3) is 5.91 Å². The lowest BCUT2D eigenvalue weighted by Crippen LogP contribution is -2.13. The average Bonchev–Trinajstić information content (AvgIpc) is 3.34. The zero-order valence-corrected chi connectivity index (χ0v) is 18.6. The normalized spacial score (nSPS) is 19.5. The van der Waals surface area contributed by atoms with E-state index < -0.39 is 23.3 Å². The number of halogens is 3. The molecule has 2 heterocycles. The van der Waals surface area contributed by atoms with Crippen molar-refractivity contribution in [3.05, 3.63) is 87.9 Å². The van der Waals surface area contributed by atoms with Crippen molar-refractivity contribution < 1.29 is 18.7 Å². The van der Waals surface area contributed by atoms with E-state index in [-0.39, 0.29) is 11.1 Å². The number of hydrogen-bond acceptors (Lipinski definition) is 3. The number of aliphatic hydroxyl groups excluding tert-OH is 1. The van der Waals surface area contributed by atoms with Crippen molar-refractivity contribution >= 4 is 34.5 Å². The molecule has 1 unspecified atom stereocenters. The van der Waals surface area contributed by atoms with Crippen LogP contribution < -0.4 is 5.32 Å². The van der Waals surface area contributed by atoms with Gasteiger partial charge in [-0.2, -0.15) is 0 Å². The van der Waals surface area contributed by atoms with Crippen LogP contribution in [-0.2, 0) is 4.79 Å². The van der Waals surface area contributed by atoms with Crippen molar-refractivity contribution in [1.82, 2.24) is 4.90 Å². The van der Waals surface area contributed by atoms with Crippen molar-refractivity contribution in [3.8, 4) is 11.1 Å². The predicted octanol–water partition coefficient (Wildman–Crippen LogP) is 6.08. The highest BCUT2D eigenvalue weighted by Gasteiger charge is 2.30. The third-order valence-corrected chi connectivity index (χ3v) is 6.62. The Hall–Kier alpha value is -3.22. The minimum Gasteiger partial charge on any atom is -0.506 e. The molecule has 0 radical (unpaired) electrons. The molecule has 3 aromatic rings. The van der Waals surface area contributed by atoms with E-state index in [0.29, 0.717) is 33.8 Å². The first-order chi connectivity index (χ1) is 15.8. The number of carbonyl (C=O) groups excluding carboxylic acids is 1. The molecule has 2 aliphatic rings. The number of amides is 1. The van der Waals surface area contributed by atoms with Crippen molar-refractivity contribution in [3.63, 3.8) is 0 Å². The SMILES string of the molecule is CN1CCC(c2ccc(-c3cc4c(cc3Cl)NC(=O)C4=C(O)c3cc(F)cc(F)c3)cc2)C1. The number of rotatable bonds is 3. The Labute approximate surface area is 195 Å². The molecule has 1 amide bonds. The maximum atomic E-state index is 13.7. The Balaban J connectivity index is 1.55. The monoisotopic (exact) mass is 466 g/mol. The van der Waals surface area contributed by atoms with Crippen LogP contribution in [0.15, 0.2) is 54.6 Å². The maximum Gasteiger partial charge on any atom is 0.260 e. The van der Waals surface area contributed by atoms with Gasteiger partial charge in [0.15, 0.2) is 0 Å². The van der Waals surface area contributed by atoms with Crippen LogP contribution in [0.2, 0.25) is 5.02 Å². The van der Waals surface area contributed by atoms with E-state index in [1.807, 2.05) is 12.1 Å². The molecule has 0 bridgehead atoms. The number of benzene rings is 3. The standard InChI is InChI=1S/C26H21ClF2N2O2/c1-31-7-6-16(13-31)14-2-4-15(5-3-14)20-11-21-23(12-22(20)27)30-26(33)24(21)25(32)17-8-18(28)10-19(29)9-17/h2-5,8-12,16,32H,6-7,13H2,1H3,(H,30,33). The smallest absolute Gasteiger partial charge is 0.260 e. The second-order valence-electron chi connectivity index (χ2n) is 8.58. The molecule has 1 saturated heterocycles. The molecule has 5 rings (SSSR count). The van der Waals surface area contributed by atoms with E-state index in [2.05, 4.69) is 29.4 Å². The summed E-state index contributed by atoms with van der Waals surface area (Å²) in [5.74, 6) is -2.26. The van der Waals surface area contributed by atoms with Gasteiger partial charge in [0.1, 0.15) is 17.4 Å². The molecular weight excluding hydrogens is 446 g/mol. The van der Waals surface area contributed by atoms with Gasteiger partial charge in [0, 0.05) is 29.3 Å². The largest absolute Gasteiger partial charge is 0.506 e. The Morgan fingerprint density at radius 1 is 1.06 bits per heavy atom. The summed E-state index contributed by atoms with van der Waals surface area (Å²) in [7, 11) is 2.12. The van der Waals surface area contributed by atoms with E-state index in [0.717, 1.165) is 37.2 Å². The Kier molecular flexibility index (Phi) is 5.43. The second kappa shape index (κ2) is 8.28. The zero-order chi connectivity index (χ0) is 23.3.